The van der Waals surface area contributed by atoms with Crippen molar-refractivity contribution in [2.75, 3.05) is 14.2 Å². The van der Waals surface area contributed by atoms with Gasteiger partial charge in [-0.05, 0) is 51.1 Å². The summed E-state index contributed by atoms with van der Waals surface area (Å²) in [5.41, 5.74) is 13.5. The van der Waals surface area contributed by atoms with E-state index in [0.29, 0.717) is 5.75 Å². The van der Waals surface area contributed by atoms with E-state index in [9.17, 15) is 9.59 Å². The summed E-state index contributed by atoms with van der Waals surface area (Å²) in [6.45, 7) is 9.92. The molecule has 7 nitrogen and oxygen atoms in total. The van der Waals surface area contributed by atoms with Crippen LogP contribution in [-0.4, -0.2) is 32.0 Å². The number of primary amides is 2. The second-order valence-electron chi connectivity index (χ2n) is 6.97. The van der Waals surface area contributed by atoms with Crippen LogP contribution in [0.3, 0.4) is 0 Å². The minimum Gasteiger partial charge on any atom is -0.497 e. The molecule has 0 saturated heterocycles. The number of nitrogens with two attached hydrogens (primary N) is 2. The molecule has 2 atom stereocenters. The summed E-state index contributed by atoms with van der Waals surface area (Å²) in [6.07, 6.45) is 0. The largest absolute Gasteiger partial charge is 0.497 e. The molecule has 0 spiro atoms. The minimum absolute atomic E-state index is 0.184. The maximum atomic E-state index is 11.4. The molecule has 0 aliphatic carbocycles. The lowest BCUT2D eigenvalue weighted by Crippen LogP contribution is -2.37. The lowest BCUT2D eigenvalue weighted by molar-refractivity contribution is -0.121. The molecule has 0 aliphatic rings. The van der Waals surface area contributed by atoms with Gasteiger partial charge in [-0.15, -0.1) is 0 Å². The molecule has 0 heterocycles. The fraction of sp³-hybridized carbons (Fsp3) is 0.417. The van der Waals surface area contributed by atoms with Crippen LogP contribution in [0.5, 0.6) is 5.75 Å². The van der Waals surface area contributed by atoms with Crippen LogP contribution in [0.1, 0.15) is 56.5 Å². The normalized spacial score (nSPS) is 11.9. The Kier molecular flexibility index (Phi) is 13.6. The van der Waals surface area contributed by atoms with E-state index in [4.69, 9.17) is 16.2 Å². The first-order valence-corrected chi connectivity index (χ1v) is 10.4. The molecule has 6 N–H and O–H groups in total. The molecule has 2 amide bonds. The average Bonchev–Trinajstić information content (AvgIpc) is 2.74. The van der Waals surface area contributed by atoms with Gasteiger partial charge in [0.2, 0.25) is 11.8 Å². The van der Waals surface area contributed by atoms with Crippen molar-refractivity contribution in [1.82, 2.24) is 10.6 Å². The number of methoxy groups -OCH3 is 1. The standard InChI is InChI=1S/C12H18N2O2.C10H14N2O.C2H6/c1-8(2)14-11(12(13)15)9-5-4-6-10(7-9)16-3;1-7-4-3-5-8(6-7)9(12-2)10(11)13;1-2/h4-8,11,14H,1-3H3,(H2,13,15);3-6,9,12H,1-2H3,(H2,11,13);1-2H3. The van der Waals surface area contributed by atoms with Gasteiger partial charge in [-0.2, -0.15) is 0 Å². The van der Waals surface area contributed by atoms with E-state index in [1.165, 1.54) is 0 Å². The van der Waals surface area contributed by atoms with Crippen molar-refractivity contribution in [3.8, 4) is 5.75 Å². The van der Waals surface area contributed by atoms with E-state index in [1.807, 2.05) is 83.1 Å². The second kappa shape index (κ2) is 15.0. The van der Waals surface area contributed by atoms with Crippen LogP contribution in [0, 0.1) is 6.92 Å². The zero-order valence-corrected chi connectivity index (χ0v) is 19.7. The summed E-state index contributed by atoms with van der Waals surface area (Å²) < 4.78 is 5.11. The predicted octanol–water partition coefficient (Wildman–Crippen LogP) is 2.99. The molecule has 0 saturated carbocycles. The summed E-state index contributed by atoms with van der Waals surface area (Å²) in [7, 11) is 3.31. The molecule has 172 valence electrons. The predicted molar refractivity (Wildman–Crippen MR) is 127 cm³/mol. The highest BCUT2D eigenvalue weighted by atomic mass is 16.5. The molecule has 2 aromatic carbocycles. The summed E-state index contributed by atoms with van der Waals surface area (Å²) >= 11 is 0. The molecule has 2 aromatic rings. The third-order valence-corrected chi connectivity index (χ3v) is 4.16. The molecular formula is C24H38N4O3. The lowest BCUT2D eigenvalue weighted by Gasteiger charge is -2.19. The van der Waals surface area contributed by atoms with Crippen LogP contribution < -0.4 is 26.8 Å². The summed E-state index contributed by atoms with van der Waals surface area (Å²) in [5, 5.41) is 5.99. The van der Waals surface area contributed by atoms with Crippen molar-refractivity contribution in [1.29, 1.82) is 0 Å². The topological polar surface area (TPSA) is 119 Å². The Bertz CT molecular complexity index is 809. The zero-order valence-electron chi connectivity index (χ0n) is 19.7. The molecule has 2 unspecified atom stereocenters. The monoisotopic (exact) mass is 430 g/mol. The number of carbonyl (C=O) groups excluding carboxylic acids is 2. The van der Waals surface area contributed by atoms with Gasteiger partial charge in [0.25, 0.3) is 0 Å². The van der Waals surface area contributed by atoms with Gasteiger partial charge < -0.3 is 21.5 Å². The highest BCUT2D eigenvalue weighted by molar-refractivity contribution is 5.82. The molecule has 0 aliphatic heterocycles. The molecular weight excluding hydrogens is 392 g/mol. The molecule has 7 heteroatoms. The number of benzene rings is 2. The van der Waals surface area contributed by atoms with Crippen LogP contribution in [-0.2, 0) is 9.59 Å². The van der Waals surface area contributed by atoms with Gasteiger partial charge in [0.1, 0.15) is 17.8 Å². The highest BCUT2D eigenvalue weighted by Gasteiger charge is 2.18. The number of rotatable bonds is 8. The van der Waals surface area contributed by atoms with Gasteiger partial charge in [-0.3, -0.25) is 14.9 Å². The van der Waals surface area contributed by atoms with Crippen molar-refractivity contribution >= 4 is 11.8 Å². The Hall–Kier alpha value is -2.90. The Morgan fingerprint density at radius 1 is 0.903 bits per heavy atom. The third kappa shape index (κ3) is 10.1. The van der Waals surface area contributed by atoms with Gasteiger partial charge >= 0.3 is 0 Å². The average molecular weight is 431 g/mol. The van der Waals surface area contributed by atoms with Crippen molar-refractivity contribution in [3.63, 3.8) is 0 Å². The SMILES string of the molecule is CC.CNC(C(N)=O)c1cccc(C)c1.COc1cccc(C(NC(C)C)C(N)=O)c1. The Balaban J connectivity index is 0.000000547. The summed E-state index contributed by atoms with van der Waals surface area (Å²) in [6, 6.07) is 14.4. The first kappa shape index (κ1) is 28.1. The number of likely N-dealkylation sites (N-methyl/N-ethyl adjacent to an activating group) is 1. The second-order valence-corrected chi connectivity index (χ2v) is 6.97. The van der Waals surface area contributed by atoms with Crippen LogP contribution in [0.4, 0.5) is 0 Å². The fourth-order valence-corrected chi connectivity index (χ4v) is 2.82. The van der Waals surface area contributed by atoms with Crippen molar-refractivity contribution < 1.29 is 14.3 Å². The maximum absolute atomic E-state index is 11.4. The first-order chi connectivity index (χ1) is 14.7. The first-order valence-electron chi connectivity index (χ1n) is 10.4. The van der Waals surface area contributed by atoms with E-state index in [2.05, 4.69) is 10.6 Å². The molecule has 0 bridgehead atoms. The van der Waals surface area contributed by atoms with Crippen LogP contribution in [0.25, 0.3) is 0 Å². The smallest absolute Gasteiger partial charge is 0.239 e. The van der Waals surface area contributed by atoms with Crippen molar-refractivity contribution in [2.24, 2.45) is 11.5 Å². The fourth-order valence-electron chi connectivity index (χ4n) is 2.82. The van der Waals surface area contributed by atoms with Crippen LogP contribution >= 0.6 is 0 Å². The molecule has 0 aromatic heterocycles. The van der Waals surface area contributed by atoms with Gasteiger partial charge in [0, 0.05) is 6.04 Å². The van der Waals surface area contributed by atoms with Crippen LogP contribution in [0.2, 0.25) is 0 Å². The third-order valence-electron chi connectivity index (χ3n) is 4.16. The number of ether oxygens (including phenoxy) is 1. The summed E-state index contributed by atoms with van der Waals surface area (Å²) in [4.78, 5) is 22.4. The Morgan fingerprint density at radius 3 is 1.84 bits per heavy atom. The van der Waals surface area contributed by atoms with Crippen molar-refractivity contribution in [2.45, 2.75) is 52.7 Å². The van der Waals surface area contributed by atoms with Gasteiger partial charge in [-0.1, -0.05) is 55.8 Å². The van der Waals surface area contributed by atoms with E-state index in [-0.39, 0.29) is 23.9 Å². The zero-order chi connectivity index (χ0) is 24.0. The van der Waals surface area contributed by atoms with Gasteiger partial charge in [0.05, 0.1) is 7.11 Å². The van der Waals surface area contributed by atoms with Gasteiger partial charge in [-0.25, -0.2) is 0 Å². The van der Waals surface area contributed by atoms with E-state index in [0.717, 1.165) is 16.7 Å². The Morgan fingerprint density at radius 2 is 1.42 bits per heavy atom. The summed E-state index contributed by atoms with van der Waals surface area (Å²) in [5.74, 6) is -0.0237. The van der Waals surface area contributed by atoms with Crippen molar-refractivity contribution in [3.05, 3.63) is 65.2 Å². The van der Waals surface area contributed by atoms with Gasteiger partial charge in [0.15, 0.2) is 0 Å². The Labute approximate surface area is 186 Å². The number of amides is 2. The van der Waals surface area contributed by atoms with Crippen LogP contribution in [0.15, 0.2) is 48.5 Å². The number of nitrogens with one attached hydrogen (secondary N) is 2. The highest BCUT2D eigenvalue weighted by Crippen LogP contribution is 2.19. The quantitative estimate of drug-likeness (QED) is 0.513. The number of hydrogen-bond acceptors (Lipinski definition) is 5. The molecule has 2 rings (SSSR count). The minimum atomic E-state index is -0.477. The van der Waals surface area contributed by atoms with E-state index >= 15 is 0 Å². The molecule has 0 radical (unpaired) electrons. The number of carbonyl (C=O) groups is 2. The maximum Gasteiger partial charge on any atom is 0.239 e. The number of hydrogen-bond donors (Lipinski definition) is 4. The van der Waals surface area contributed by atoms with E-state index < -0.39 is 6.04 Å². The molecule has 0 fully saturated rings. The van der Waals surface area contributed by atoms with E-state index in [1.54, 1.807) is 14.2 Å². The number of aryl methyl sites for hydroxylation is 1. The lowest BCUT2D eigenvalue weighted by atomic mass is 10.0. The molecule has 31 heavy (non-hydrogen) atoms.